The molecule has 1 aliphatic heterocycles. The molecule has 0 aromatic heterocycles. The largest absolute Gasteiger partial charge is 0.320 e. The topological polar surface area (TPSA) is 75.4 Å². The Morgan fingerprint density at radius 2 is 2.10 bits per heavy atom. The first kappa shape index (κ1) is 16.0. The molecule has 1 aromatic rings. The first-order valence-electron chi connectivity index (χ1n) is 7.01. The number of piperidine rings is 1. The van der Waals surface area contributed by atoms with Gasteiger partial charge in [0, 0.05) is 18.2 Å². The average Bonchev–Trinajstić information content (AvgIpc) is 2.45. The van der Waals surface area contributed by atoms with Crippen LogP contribution in [0.3, 0.4) is 0 Å². The van der Waals surface area contributed by atoms with Crippen LogP contribution < -0.4 is 10.5 Å². The minimum atomic E-state index is -3.47. The van der Waals surface area contributed by atoms with Crippen LogP contribution in [0.2, 0.25) is 0 Å². The minimum absolute atomic E-state index is 0.0227. The van der Waals surface area contributed by atoms with Crippen LogP contribution in [0.25, 0.3) is 0 Å². The molecule has 1 heterocycles. The number of rotatable bonds is 3. The molecule has 2 rings (SSSR count). The molecule has 0 radical (unpaired) electrons. The van der Waals surface area contributed by atoms with E-state index in [9.17, 15) is 8.42 Å². The normalized spacial score (nSPS) is 19.8. The van der Waals surface area contributed by atoms with Crippen LogP contribution in [0.5, 0.6) is 0 Å². The molecule has 3 N–H and O–H groups in total. The van der Waals surface area contributed by atoms with Gasteiger partial charge in [0.15, 0.2) is 0 Å². The predicted molar refractivity (Wildman–Crippen MR) is 83.2 cm³/mol. The van der Waals surface area contributed by atoms with Crippen LogP contribution in [-0.2, 0) is 10.0 Å². The Labute approximate surface area is 126 Å². The van der Waals surface area contributed by atoms with E-state index in [0.717, 1.165) is 31.5 Å². The molecule has 21 heavy (non-hydrogen) atoms. The zero-order chi connectivity index (χ0) is 15.3. The lowest BCUT2D eigenvalue weighted by Crippen LogP contribution is -2.46. The Morgan fingerprint density at radius 1 is 1.38 bits per heavy atom. The summed E-state index contributed by atoms with van der Waals surface area (Å²) in [7, 11) is -1.46. The van der Waals surface area contributed by atoms with E-state index in [2.05, 4.69) is 21.5 Å². The maximum Gasteiger partial charge on any atom is 0.240 e. The molecule has 114 valence electrons. The number of hydrogen-bond acceptors (Lipinski definition) is 4. The van der Waals surface area contributed by atoms with Gasteiger partial charge in [-0.05, 0) is 50.7 Å². The summed E-state index contributed by atoms with van der Waals surface area (Å²) >= 11 is 0. The van der Waals surface area contributed by atoms with Gasteiger partial charge in [0.25, 0.3) is 0 Å². The summed E-state index contributed by atoms with van der Waals surface area (Å²) in [6.45, 7) is 2.06. The molecule has 5 nitrogen and oxygen atoms in total. The number of benzene rings is 1. The zero-order valence-electron chi connectivity index (χ0n) is 12.2. The van der Waals surface area contributed by atoms with Gasteiger partial charge in [-0.15, -0.1) is 0 Å². The standard InChI is InChI=1S/C15H21N3O2S/c1-18-11-3-5-14(12-18)17-21(19,20)15-8-6-13(7-9-15)4-2-10-16/h6-9,14,17H,3,5,10-12,16H2,1H3. The van der Waals surface area contributed by atoms with Crippen molar-refractivity contribution in [2.24, 2.45) is 5.73 Å². The summed E-state index contributed by atoms with van der Waals surface area (Å²) in [5, 5.41) is 0. The van der Waals surface area contributed by atoms with Crippen molar-refractivity contribution in [2.45, 2.75) is 23.8 Å². The van der Waals surface area contributed by atoms with Gasteiger partial charge in [-0.2, -0.15) is 0 Å². The molecule has 0 saturated carbocycles. The monoisotopic (exact) mass is 307 g/mol. The number of likely N-dealkylation sites (tertiary alicyclic amines) is 1. The van der Waals surface area contributed by atoms with Crippen molar-refractivity contribution in [1.29, 1.82) is 0 Å². The Hall–Kier alpha value is -1.39. The van der Waals surface area contributed by atoms with Crippen molar-refractivity contribution in [1.82, 2.24) is 9.62 Å². The van der Waals surface area contributed by atoms with Crippen molar-refractivity contribution in [3.8, 4) is 11.8 Å². The van der Waals surface area contributed by atoms with E-state index in [1.165, 1.54) is 0 Å². The molecule has 1 saturated heterocycles. The maximum absolute atomic E-state index is 12.3. The van der Waals surface area contributed by atoms with Gasteiger partial charge in [0.1, 0.15) is 0 Å². The first-order chi connectivity index (χ1) is 10.0. The summed E-state index contributed by atoms with van der Waals surface area (Å²) in [4.78, 5) is 2.41. The molecule has 6 heteroatoms. The fourth-order valence-electron chi connectivity index (χ4n) is 2.42. The fourth-order valence-corrected chi connectivity index (χ4v) is 3.68. The van der Waals surface area contributed by atoms with E-state index in [0.29, 0.717) is 0 Å². The number of hydrogen-bond donors (Lipinski definition) is 2. The Bertz CT molecular complexity index is 629. The summed E-state index contributed by atoms with van der Waals surface area (Å²) in [6.07, 6.45) is 1.89. The van der Waals surface area contributed by atoms with Crippen molar-refractivity contribution in [3.05, 3.63) is 29.8 Å². The van der Waals surface area contributed by atoms with E-state index < -0.39 is 10.0 Å². The fraction of sp³-hybridized carbons (Fsp3) is 0.467. The second kappa shape index (κ2) is 7.05. The molecule has 0 bridgehead atoms. The molecular formula is C15H21N3O2S. The van der Waals surface area contributed by atoms with E-state index >= 15 is 0 Å². The van der Waals surface area contributed by atoms with Gasteiger partial charge < -0.3 is 10.6 Å². The highest BCUT2D eigenvalue weighted by Gasteiger charge is 2.23. The quantitative estimate of drug-likeness (QED) is 0.791. The molecular weight excluding hydrogens is 286 g/mol. The van der Waals surface area contributed by atoms with Crippen molar-refractivity contribution < 1.29 is 8.42 Å². The highest BCUT2D eigenvalue weighted by Crippen LogP contribution is 2.14. The second-order valence-corrected chi connectivity index (χ2v) is 6.97. The molecule has 1 fully saturated rings. The van der Waals surface area contributed by atoms with Crippen molar-refractivity contribution in [2.75, 3.05) is 26.7 Å². The smallest absolute Gasteiger partial charge is 0.240 e. The van der Waals surface area contributed by atoms with Gasteiger partial charge in [-0.25, -0.2) is 13.1 Å². The molecule has 1 unspecified atom stereocenters. The van der Waals surface area contributed by atoms with Crippen LogP contribution in [0.15, 0.2) is 29.2 Å². The molecule has 0 amide bonds. The third-order valence-corrected chi connectivity index (χ3v) is 4.98. The highest BCUT2D eigenvalue weighted by molar-refractivity contribution is 7.89. The number of nitrogens with zero attached hydrogens (tertiary/aromatic N) is 1. The minimum Gasteiger partial charge on any atom is -0.320 e. The maximum atomic E-state index is 12.3. The average molecular weight is 307 g/mol. The van der Waals surface area contributed by atoms with Crippen LogP contribution >= 0.6 is 0 Å². The van der Waals surface area contributed by atoms with Crippen molar-refractivity contribution >= 4 is 10.0 Å². The van der Waals surface area contributed by atoms with Gasteiger partial charge in [-0.3, -0.25) is 0 Å². The summed E-state index contributed by atoms with van der Waals surface area (Å²) in [6, 6.07) is 6.53. The summed E-state index contributed by atoms with van der Waals surface area (Å²) < 4.78 is 27.5. The Balaban J connectivity index is 2.08. The Kier molecular flexibility index (Phi) is 5.37. The first-order valence-corrected chi connectivity index (χ1v) is 8.49. The lowest BCUT2D eigenvalue weighted by molar-refractivity contribution is 0.242. The molecule has 0 spiro atoms. The van der Waals surface area contributed by atoms with E-state index in [4.69, 9.17) is 5.73 Å². The van der Waals surface area contributed by atoms with Crippen LogP contribution in [0.4, 0.5) is 0 Å². The van der Waals surface area contributed by atoms with E-state index in [1.54, 1.807) is 24.3 Å². The van der Waals surface area contributed by atoms with E-state index in [1.807, 2.05) is 7.05 Å². The highest BCUT2D eigenvalue weighted by atomic mass is 32.2. The third kappa shape index (κ3) is 4.55. The number of nitrogens with one attached hydrogen (secondary N) is 1. The van der Waals surface area contributed by atoms with E-state index in [-0.39, 0.29) is 17.5 Å². The Morgan fingerprint density at radius 3 is 2.71 bits per heavy atom. The zero-order valence-corrected chi connectivity index (χ0v) is 13.0. The number of likely N-dealkylation sites (N-methyl/N-ethyl adjacent to an activating group) is 1. The lowest BCUT2D eigenvalue weighted by Gasteiger charge is -2.29. The lowest BCUT2D eigenvalue weighted by atomic mass is 10.1. The van der Waals surface area contributed by atoms with Gasteiger partial charge in [-0.1, -0.05) is 11.8 Å². The van der Waals surface area contributed by atoms with Gasteiger partial charge in [0.05, 0.1) is 11.4 Å². The molecule has 1 aliphatic rings. The SMILES string of the molecule is CN1CCCC(NS(=O)(=O)c2ccc(C#CCN)cc2)C1. The third-order valence-electron chi connectivity index (χ3n) is 3.45. The second-order valence-electron chi connectivity index (χ2n) is 5.25. The van der Waals surface area contributed by atoms with Crippen LogP contribution in [-0.4, -0.2) is 46.0 Å². The number of sulfonamides is 1. The summed E-state index contributed by atoms with van der Waals surface area (Å²) in [5.41, 5.74) is 6.07. The van der Waals surface area contributed by atoms with Crippen LogP contribution in [0.1, 0.15) is 18.4 Å². The van der Waals surface area contributed by atoms with Crippen LogP contribution in [0, 0.1) is 11.8 Å². The molecule has 0 aliphatic carbocycles. The van der Waals surface area contributed by atoms with Crippen molar-refractivity contribution in [3.63, 3.8) is 0 Å². The van der Waals surface area contributed by atoms with Gasteiger partial charge in [0.2, 0.25) is 10.0 Å². The summed E-state index contributed by atoms with van der Waals surface area (Å²) in [5.74, 6) is 5.61. The number of nitrogens with two attached hydrogens (primary N) is 1. The molecule has 1 atom stereocenters. The van der Waals surface area contributed by atoms with Gasteiger partial charge >= 0.3 is 0 Å². The predicted octanol–water partition coefficient (Wildman–Crippen LogP) is 0.369. The molecule has 1 aromatic carbocycles.